The zero-order valence-corrected chi connectivity index (χ0v) is 10.9. The molecule has 0 radical (unpaired) electrons. The predicted octanol–water partition coefficient (Wildman–Crippen LogP) is 2.25. The van der Waals surface area contributed by atoms with Gasteiger partial charge in [-0.3, -0.25) is 0 Å². The van der Waals surface area contributed by atoms with Gasteiger partial charge in [0.1, 0.15) is 6.07 Å². The molecule has 0 amide bonds. The van der Waals surface area contributed by atoms with E-state index in [0.29, 0.717) is 22.2 Å². The zero-order chi connectivity index (χ0) is 13.9. The van der Waals surface area contributed by atoms with Crippen LogP contribution in [0, 0.1) is 11.3 Å². The molecule has 0 atom stereocenters. The first-order chi connectivity index (χ1) is 9.76. The normalized spacial score (nSPS) is 10.2. The number of nitrogens with zero attached hydrogens (tertiary/aromatic N) is 6. The van der Waals surface area contributed by atoms with Crippen molar-refractivity contribution in [1.82, 2.24) is 25.2 Å². The average molecular weight is 283 g/mol. The van der Waals surface area contributed by atoms with Crippen molar-refractivity contribution in [2.75, 3.05) is 0 Å². The van der Waals surface area contributed by atoms with E-state index in [0.717, 1.165) is 5.56 Å². The third kappa shape index (κ3) is 2.35. The van der Waals surface area contributed by atoms with Gasteiger partial charge in [-0.25, -0.2) is 4.98 Å². The highest BCUT2D eigenvalue weighted by Gasteiger charge is 2.08. The van der Waals surface area contributed by atoms with Gasteiger partial charge in [0.2, 0.25) is 5.82 Å². The van der Waals surface area contributed by atoms with Gasteiger partial charge < -0.3 is 0 Å². The molecule has 96 valence electrons. The molecule has 1 aromatic carbocycles. The maximum Gasteiger partial charge on any atom is 0.205 e. The first-order valence-corrected chi connectivity index (χ1v) is 6.06. The number of halogens is 1. The van der Waals surface area contributed by atoms with Crippen molar-refractivity contribution in [3.63, 3.8) is 0 Å². The molecule has 20 heavy (non-hydrogen) atoms. The van der Waals surface area contributed by atoms with Crippen LogP contribution >= 0.6 is 11.6 Å². The minimum atomic E-state index is 0.457. The molecule has 0 aliphatic heterocycles. The number of rotatable bonds is 2. The first-order valence-electron chi connectivity index (χ1n) is 5.69. The van der Waals surface area contributed by atoms with E-state index in [2.05, 4.69) is 20.4 Å². The molecule has 3 rings (SSSR count). The van der Waals surface area contributed by atoms with Gasteiger partial charge in [0.05, 0.1) is 5.56 Å². The molecule has 2 aromatic heterocycles. The number of pyridine rings is 1. The average Bonchev–Trinajstić information content (AvgIpc) is 2.97. The summed E-state index contributed by atoms with van der Waals surface area (Å²) in [6, 6.07) is 12.5. The van der Waals surface area contributed by atoms with Gasteiger partial charge in [0.15, 0.2) is 5.82 Å². The van der Waals surface area contributed by atoms with Crippen LogP contribution in [-0.4, -0.2) is 25.2 Å². The van der Waals surface area contributed by atoms with E-state index in [9.17, 15) is 0 Å². The van der Waals surface area contributed by atoms with Crippen LogP contribution in [0.3, 0.4) is 0 Å². The molecule has 0 bridgehead atoms. The van der Waals surface area contributed by atoms with Crippen molar-refractivity contribution in [3.05, 3.63) is 53.2 Å². The van der Waals surface area contributed by atoms with Crippen LogP contribution in [0.25, 0.3) is 17.2 Å². The van der Waals surface area contributed by atoms with Crippen molar-refractivity contribution in [2.45, 2.75) is 0 Å². The van der Waals surface area contributed by atoms with Crippen molar-refractivity contribution in [2.24, 2.45) is 0 Å². The smallest absolute Gasteiger partial charge is 0.205 e. The van der Waals surface area contributed by atoms with Crippen molar-refractivity contribution < 1.29 is 0 Å². The topological polar surface area (TPSA) is 80.3 Å². The molecule has 2 heterocycles. The Balaban J connectivity index is 1.95. The van der Waals surface area contributed by atoms with Gasteiger partial charge in [-0.15, -0.1) is 15.0 Å². The van der Waals surface area contributed by atoms with Crippen LogP contribution in [0.4, 0.5) is 0 Å². The predicted molar refractivity (Wildman–Crippen MR) is 72.1 cm³/mol. The molecular weight excluding hydrogens is 276 g/mol. The van der Waals surface area contributed by atoms with E-state index in [1.807, 2.05) is 18.2 Å². The number of benzene rings is 1. The fraction of sp³-hybridized carbons (Fsp3) is 0. The van der Waals surface area contributed by atoms with Gasteiger partial charge >= 0.3 is 0 Å². The molecule has 0 N–H and O–H groups in total. The molecule has 0 aliphatic carbocycles. The van der Waals surface area contributed by atoms with E-state index in [-0.39, 0.29) is 0 Å². The van der Waals surface area contributed by atoms with Crippen LogP contribution in [0.1, 0.15) is 5.56 Å². The monoisotopic (exact) mass is 282 g/mol. The number of tetrazole rings is 1. The van der Waals surface area contributed by atoms with Crippen LogP contribution in [0.15, 0.2) is 42.6 Å². The zero-order valence-electron chi connectivity index (χ0n) is 10.1. The Labute approximate surface area is 119 Å². The van der Waals surface area contributed by atoms with E-state index in [1.165, 1.54) is 11.0 Å². The summed E-state index contributed by atoms with van der Waals surface area (Å²) in [6.45, 7) is 0. The molecule has 0 fully saturated rings. The third-order valence-electron chi connectivity index (χ3n) is 2.58. The Kier molecular flexibility index (Phi) is 3.11. The van der Waals surface area contributed by atoms with Crippen LogP contribution < -0.4 is 0 Å². The second-order valence-corrected chi connectivity index (χ2v) is 4.37. The molecule has 7 heteroatoms. The highest BCUT2D eigenvalue weighted by Crippen LogP contribution is 2.18. The van der Waals surface area contributed by atoms with E-state index < -0.39 is 0 Å². The highest BCUT2D eigenvalue weighted by molar-refractivity contribution is 6.30. The van der Waals surface area contributed by atoms with Crippen molar-refractivity contribution in [3.8, 4) is 23.3 Å². The minimum Gasteiger partial charge on any atom is -0.234 e. The van der Waals surface area contributed by atoms with Crippen molar-refractivity contribution in [1.29, 1.82) is 5.26 Å². The molecule has 0 spiro atoms. The van der Waals surface area contributed by atoms with Crippen LogP contribution in [-0.2, 0) is 0 Å². The standard InChI is InChI=1S/C13H7ClN6/c14-11-3-1-2-10(6-11)13-17-19-20(18-13)12-5-4-9(7-15)8-16-12/h1-6,8H. The summed E-state index contributed by atoms with van der Waals surface area (Å²) in [7, 11) is 0. The second-order valence-electron chi connectivity index (χ2n) is 3.93. The molecule has 0 unspecified atom stereocenters. The van der Waals surface area contributed by atoms with Gasteiger partial charge in [-0.1, -0.05) is 23.7 Å². The maximum atomic E-state index is 8.72. The number of aromatic nitrogens is 5. The SMILES string of the molecule is N#Cc1ccc(-n2nnc(-c3cccc(Cl)c3)n2)nc1. The molecule has 0 aliphatic rings. The van der Waals surface area contributed by atoms with E-state index in [1.54, 1.807) is 24.3 Å². The summed E-state index contributed by atoms with van der Waals surface area (Å²) >= 11 is 5.93. The summed E-state index contributed by atoms with van der Waals surface area (Å²) in [6.07, 6.45) is 1.46. The summed E-state index contributed by atoms with van der Waals surface area (Å²) in [5.41, 5.74) is 1.25. The lowest BCUT2D eigenvalue weighted by molar-refractivity contribution is 0.700. The Morgan fingerprint density at radius 2 is 2.10 bits per heavy atom. The largest absolute Gasteiger partial charge is 0.234 e. The van der Waals surface area contributed by atoms with Crippen molar-refractivity contribution >= 4 is 11.6 Å². The molecule has 0 saturated carbocycles. The van der Waals surface area contributed by atoms with Crippen LogP contribution in [0.2, 0.25) is 5.02 Å². The Morgan fingerprint density at radius 3 is 2.80 bits per heavy atom. The lowest BCUT2D eigenvalue weighted by Gasteiger charge is -1.96. The highest BCUT2D eigenvalue weighted by atomic mass is 35.5. The summed E-state index contributed by atoms with van der Waals surface area (Å²) in [5.74, 6) is 0.948. The minimum absolute atomic E-state index is 0.457. The Bertz CT molecular complexity index is 787. The third-order valence-corrected chi connectivity index (χ3v) is 2.81. The number of hydrogen-bond acceptors (Lipinski definition) is 5. The van der Waals surface area contributed by atoms with E-state index >= 15 is 0 Å². The molecular formula is C13H7ClN6. The molecule has 6 nitrogen and oxygen atoms in total. The fourth-order valence-corrected chi connectivity index (χ4v) is 1.82. The molecule has 0 saturated heterocycles. The summed E-state index contributed by atoms with van der Waals surface area (Å²) in [5, 5.41) is 21.5. The molecule has 3 aromatic rings. The lowest BCUT2D eigenvalue weighted by Crippen LogP contribution is -2.01. The van der Waals surface area contributed by atoms with Gasteiger partial charge in [-0.2, -0.15) is 5.26 Å². The van der Waals surface area contributed by atoms with Gasteiger partial charge in [0.25, 0.3) is 0 Å². The maximum absolute atomic E-state index is 8.72. The Hall–Kier alpha value is -2.78. The lowest BCUT2D eigenvalue weighted by atomic mass is 10.2. The quantitative estimate of drug-likeness (QED) is 0.720. The summed E-state index contributed by atoms with van der Waals surface area (Å²) in [4.78, 5) is 5.40. The fourth-order valence-electron chi connectivity index (χ4n) is 1.63. The van der Waals surface area contributed by atoms with E-state index in [4.69, 9.17) is 16.9 Å². The van der Waals surface area contributed by atoms with Gasteiger partial charge in [0, 0.05) is 16.8 Å². The Morgan fingerprint density at radius 1 is 1.20 bits per heavy atom. The van der Waals surface area contributed by atoms with Gasteiger partial charge in [-0.05, 0) is 29.5 Å². The second kappa shape index (κ2) is 5.07. The summed E-state index contributed by atoms with van der Waals surface area (Å²) < 4.78 is 0. The van der Waals surface area contributed by atoms with Crippen LogP contribution in [0.5, 0.6) is 0 Å². The number of nitriles is 1. The number of hydrogen-bond donors (Lipinski definition) is 0. The first kappa shape index (κ1) is 12.3.